The van der Waals surface area contributed by atoms with E-state index in [1.165, 1.54) is 0 Å². The van der Waals surface area contributed by atoms with E-state index in [4.69, 9.17) is 0 Å². The van der Waals surface area contributed by atoms with Gasteiger partial charge in [0, 0.05) is 39.1 Å². The van der Waals surface area contributed by atoms with E-state index in [9.17, 15) is 9.90 Å². The molecule has 0 aromatic rings. The highest BCUT2D eigenvalue weighted by Crippen LogP contribution is 2.20. The maximum atomic E-state index is 11.2. The molecular weight excluding hydrogens is 204 g/mol. The van der Waals surface area contributed by atoms with Crippen molar-refractivity contribution < 1.29 is 9.90 Å². The summed E-state index contributed by atoms with van der Waals surface area (Å²) >= 11 is 0. The van der Waals surface area contributed by atoms with Crippen molar-refractivity contribution in [1.82, 2.24) is 9.80 Å². The maximum Gasteiger partial charge on any atom is 0.219 e. The number of nitrogens with zero attached hydrogens (tertiary/aromatic N) is 2. The van der Waals surface area contributed by atoms with Crippen LogP contribution in [-0.2, 0) is 4.79 Å². The Morgan fingerprint density at radius 1 is 1.06 bits per heavy atom. The number of rotatable bonds is 1. The second-order valence-corrected chi connectivity index (χ2v) is 5.00. The first-order valence-electron chi connectivity index (χ1n) is 6.34. The van der Waals surface area contributed by atoms with Crippen molar-refractivity contribution in [3.8, 4) is 0 Å². The third-order valence-electron chi connectivity index (χ3n) is 3.93. The summed E-state index contributed by atoms with van der Waals surface area (Å²) in [6, 6.07) is 0.628. The van der Waals surface area contributed by atoms with Crippen molar-refractivity contribution >= 4 is 5.91 Å². The van der Waals surface area contributed by atoms with Gasteiger partial charge in [-0.25, -0.2) is 0 Å². The Hall–Kier alpha value is -0.610. The van der Waals surface area contributed by atoms with Crippen LogP contribution in [0.3, 0.4) is 0 Å². The van der Waals surface area contributed by atoms with Crippen LogP contribution in [0.1, 0.15) is 32.6 Å². The molecule has 1 N–H and O–H groups in total. The molecule has 16 heavy (non-hydrogen) atoms. The van der Waals surface area contributed by atoms with Crippen molar-refractivity contribution in [1.29, 1.82) is 0 Å². The lowest BCUT2D eigenvalue weighted by Crippen LogP contribution is -2.49. The molecule has 0 spiro atoms. The fourth-order valence-electron chi connectivity index (χ4n) is 2.80. The van der Waals surface area contributed by atoms with Crippen LogP contribution in [0.15, 0.2) is 0 Å². The third-order valence-corrected chi connectivity index (χ3v) is 3.93. The average molecular weight is 226 g/mol. The van der Waals surface area contributed by atoms with Crippen LogP contribution in [0.5, 0.6) is 0 Å². The summed E-state index contributed by atoms with van der Waals surface area (Å²) in [5, 5.41) is 9.46. The molecule has 2 heterocycles. The maximum absolute atomic E-state index is 11.2. The number of carbonyl (C=O) groups excluding carboxylic acids is 1. The van der Waals surface area contributed by atoms with Gasteiger partial charge in [-0.05, 0) is 25.7 Å². The standard InChI is InChI=1S/C12H22N2O2/c1-10(15)13-6-2-11(3-7-13)14-8-4-12(16)5-9-14/h11-12,16H,2-9H2,1H3. The SMILES string of the molecule is CC(=O)N1CCC(N2CCC(O)CC2)CC1. The minimum Gasteiger partial charge on any atom is -0.393 e. The third kappa shape index (κ3) is 2.74. The zero-order valence-corrected chi connectivity index (χ0v) is 10.1. The Labute approximate surface area is 97.2 Å². The molecule has 0 aliphatic carbocycles. The van der Waals surface area contributed by atoms with E-state index < -0.39 is 0 Å². The molecule has 1 amide bonds. The van der Waals surface area contributed by atoms with E-state index in [0.717, 1.165) is 51.9 Å². The summed E-state index contributed by atoms with van der Waals surface area (Å²) in [5.74, 6) is 0.201. The number of hydrogen-bond donors (Lipinski definition) is 1. The first-order chi connectivity index (χ1) is 7.66. The Morgan fingerprint density at radius 3 is 2.12 bits per heavy atom. The van der Waals surface area contributed by atoms with Gasteiger partial charge >= 0.3 is 0 Å². The molecule has 0 radical (unpaired) electrons. The highest BCUT2D eigenvalue weighted by atomic mass is 16.3. The second-order valence-electron chi connectivity index (χ2n) is 5.00. The normalized spacial score (nSPS) is 26.0. The van der Waals surface area contributed by atoms with Crippen LogP contribution in [0, 0.1) is 0 Å². The number of hydrogen-bond acceptors (Lipinski definition) is 3. The predicted molar refractivity (Wildman–Crippen MR) is 62.1 cm³/mol. The van der Waals surface area contributed by atoms with Gasteiger partial charge in [-0.1, -0.05) is 0 Å². The molecule has 0 aromatic heterocycles. The van der Waals surface area contributed by atoms with E-state index in [1.54, 1.807) is 6.92 Å². The van der Waals surface area contributed by atoms with Crippen LogP contribution in [-0.4, -0.2) is 59.1 Å². The van der Waals surface area contributed by atoms with E-state index in [2.05, 4.69) is 4.90 Å². The number of aliphatic hydroxyl groups excluding tert-OH is 1. The van der Waals surface area contributed by atoms with Gasteiger partial charge in [0.1, 0.15) is 0 Å². The van der Waals surface area contributed by atoms with Crippen LogP contribution >= 0.6 is 0 Å². The molecule has 2 fully saturated rings. The lowest BCUT2D eigenvalue weighted by molar-refractivity contribution is -0.130. The topological polar surface area (TPSA) is 43.8 Å². The minimum atomic E-state index is -0.0893. The summed E-state index contributed by atoms with van der Waals surface area (Å²) in [6.45, 7) is 5.49. The lowest BCUT2D eigenvalue weighted by Gasteiger charge is -2.40. The van der Waals surface area contributed by atoms with Crippen molar-refractivity contribution in [2.75, 3.05) is 26.2 Å². The second kappa shape index (κ2) is 5.15. The van der Waals surface area contributed by atoms with Gasteiger partial charge in [0.25, 0.3) is 0 Å². The summed E-state index contributed by atoms with van der Waals surface area (Å²) in [5.41, 5.74) is 0. The Kier molecular flexibility index (Phi) is 3.82. The number of carbonyl (C=O) groups is 1. The summed E-state index contributed by atoms with van der Waals surface area (Å²) in [4.78, 5) is 15.6. The van der Waals surface area contributed by atoms with Gasteiger partial charge in [-0.2, -0.15) is 0 Å². The summed E-state index contributed by atoms with van der Waals surface area (Å²) in [7, 11) is 0. The van der Waals surface area contributed by atoms with E-state index in [1.807, 2.05) is 4.90 Å². The van der Waals surface area contributed by atoms with Crippen molar-refractivity contribution in [2.24, 2.45) is 0 Å². The van der Waals surface area contributed by atoms with Crippen LogP contribution in [0.2, 0.25) is 0 Å². The fraction of sp³-hybridized carbons (Fsp3) is 0.917. The molecule has 4 heteroatoms. The first kappa shape index (κ1) is 11.9. The summed E-state index contributed by atoms with van der Waals surface area (Å²) < 4.78 is 0. The zero-order chi connectivity index (χ0) is 11.5. The zero-order valence-electron chi connectivity index (χ0n) is 10.1. The highest BCUT2D eigenvalue weighted by molar-refractivity contribution is 5.73. The molecule has 2 aliphatic heterocycles. The molecule has 0 aromatic carbocycles. The molecule has 92 valence electrons. The van der Waals surface area contributed by atoms with Crippen LogP contribution in [0.4, 0.5) is 0 Å². The van der Waals surface area contributed by atoms with Crippen molar-refractivity contribution in [2.45, 2.75) is 44.8 Å². The predicted octanol–water partition coefficient (Wildman–Crippen LogP) is 0.454. The van der Waals surface area contributed by atoms with Gasteiger partial charge < -0.3 is 14.9 Å². The molecule has 0 atom stereocenters. The molecule has 2 rings (SSSR count). The molecule has 0 unspecified atom stereocenters. The van der Waals surface area contributed by atoms with Crippen molar-refractivity contribution in [3.63, 3.8) is 0 Å². The molecule has 0 saturated carbocycles. The number of piperidine rings is 2. The van der Waals surface area contributed by atoms with Gasteiger partial charge in [-0.15, -0.1) is 0 Å². The van der Waals surface area contributed by atoms with E-state index >= 15 is 0 Å². The van der Waals surface area contributed by atoms with Crippen LogP contribution < -0.4 is 0 Å². The minimum absolute atomic E-state index is 0.0893. The van der Waals surface area contributed by atoms with Gasteiger partial charge in [0.2, 0.25) is 5.91 Å². The van der Waals surface area contributed by atoms with Gasteiger partial charge in [0.15, 0.2) is 0 Å². The van der Waals surface area contributed by atoms with E-state index in [0.29, 0.717) is 6.04 Å². The molecule has 0 bridgehead atoms. The number of aliphatic hydroxyl groups is 1. The summed E-state index contributed by atoms with van der Waals surface area (Å²) in [6.07, 6.45) is 3.92. The lowest BCUT2D eigenvalue weighted by atomic mass is 9.99. The largest absolute Gasteiger partial charge is 0.393 e. The number of likely N-dealkylation sites (tertiary alicyclic amines) is 2. The first-order valence-corrected chi connectivity index (χ1v) is 6.34. The van der Waals surface area contributed by atoms with Crippen LogP contribution in [0.25, 0.3) is 0 Å². The van der Waals surface area contributed by atoms with Gasteiger partial charge in [-0.3, -0.25) is 4.79 Å². The number of amides is 1. The smallest absolute Gasteiger partial charge is 0.219 e. The van der Waals surface area contributed by atoms with Crippen molar-refractivity contribution in [3.05, 3.63) is 0 Å². The average Bonchev–Trinajstić information content (AvgIpc) is 2.30. The molecule has 2 saturated heterocycles. The monoisotopic (exact) mass is 226 g/mol. The molecular formula is C12H22N2O2. The van der Waals surface area contributed by atoms with Gasteiger partial charge in [0.05, 0.1) is 6.10 Å². The van der Waals surface area contributed by atoms with E-state index in [-0.39, 0.29) is 12.0 Å². The Balaban J connectivity index is 1.78. The molecule has 2 aliphatic rings. The Morgan fingerprint density at radius 2 is 1.62 bits per heavy atom. The molecule has 4 nitrogen and oxygen atoms in total. The quantitative estimate of drug-likeness (QED) is 0.706. The Bertz CT molecular complexity index is 241. The fourth-order valence-corrected chi connectivity index (χ4v) is 2.80. The highest BCUT2D eigenvalue weighted by Gasteiger charge is 2.27.